The molecule has 1 aromatic carbocycles. The van der Waals surface area contributed by atoms with Gasteiger partial charge in [0.15, 0.2) is 0 Å². The van der Waals surface area contributed by atoms with Crippen LogP contribution in [-0.4, -0.2) is 23.1 Å². The molecule has 0 aliphatic carbocycles. The van der Waals surface area contributed by atoms with Crippen LogP contribution >= 0.6 is 15.9 Å². The van der Waals surface area contributed by atoms with Crippen LogP contribution in [-0.2, 0) is 4.79 Å². The molecule has 1 rings (SSSR count). The standard InChI is InChI=1S/C13H15BrF2N2O3/c1-6(2)3-11(12(19)20)18-13(21)17-10-4-7(14)8(15)5-9(10)16/h4-6,11H,3H2,1-2H3,(H,19,20)(H2,17,18,21)/t11-/m0/s1. The lowest BCUT2D eigenvalue weighted by Gasteiger charge is -2.17. The van der Waals surface area contributed by atoms with Gasteiger partial charge in [-0.15, -0.1) is 0 Å². The molecular formula is C13H15BrF2N2O3. The van der Waals surface area contributed by atoms with Gasteiger partial charge in [-0.2, -0.15) is 0 Å². The number of benzene rings is 1. The summed E-state index contributed by atoms with van der Waals surface area (Å²) in [4.78, 5) is 22.7. The number of aliphatic carboxylic acids is 1. The molecule has 3 N–H and O–H groups in total. The zero-order valence-electron chi connectivity index (χ0n) is 11.4. The number of hydrogen-bond acceptors (Lipinski definition) is 2. The summed E-state index contributed by atoms with van der Waals surface area (Å²) in [6.07, 6.45) is 0.234. The van der Waals surface area contributed by atoms with Crippen molar-refractivity contribution in [3.63, 3.8) is 0 Å². The fourth-order valence-corrected chi connectivity index (χ4v) is 1.97. The van der Waals surface area contributed by atoms with E-state index in [1.807, 2.05) is 13.8 Å². The molecule has 21 heavy (non-hydrogen) atoms. The van der Waals surface area contributed by atoms with E-state index in [0.717, 1.165) is 6.07 Å². The molecule has 0 radical (unpaired) electrons. The summed E-state index contributed by atoms with van der Waals surface area (Å²) in [6, 6.07) is -0.289. The van der Waals surface area contributed by atoms with Gasteiger partial charge >= 0.3 is 12.0 Å². The molecule has 0 bridgehead atoms. The van der Waals surface area contributed by atoms with Crippen LogP contribution in [0.5, 0.6) is 0 Å². The number of hydrogen-bond donors (Lipinski definition) is 3. The highest BCUT2D eigenvalue weighted by Crippen LogP contribution is 2.23. The molecule has 0 aliphatic rings. The molecule has 0 aromatic heterocycles. The Morgan fingerprint density at radius 1 is 1.29 bits per heavy atom. The second-order valence-electron chi connectivity index (χ2n) is 4.86. The largest absolute Gasteiger partial charge is 0.480 e. The van der Waals surface area contributed by atoms with Crippen LogP contribution < -0.4 is 10.6 Å². The van der Waals surface area contributed by atoms with Crippen LogP contribution in [0.1, 0.15) is 20.3 Å². The van der Waals surface area contributed by atoms with Crippen molar-refractivity contribution in [1.29, 1.82) is 0 Å². The third-order valence-electron chi connectivity index (χ3n) is 2.57. The van der Waals surface area contributed by atoms with Crippen molar-refractivity contribution < 1.29 is 23.5 Å². The van der Waals surface area contributed by atoms with Gasteiger partial charge in [-0.25, -0.2) is 18.4 Å². The third kappa shape index (κ3) is 5.30. The monoisotopic (exact) mass is 364 g/mol. The molecule has 2 amide bonds. The Labute approximate surface area is 128 Å². The lowest BCUT2D eigenvalue weighted by Crippen LogP contribution is -2.43. The molecule has 0 unspecified atom stereocenters. The maximum Gasteiger partial charge on any atom is 0.326 e. The summed E-state index contributed by atoms with van der Waals surface area (Å²) in [5.41, 5.74) is -0.255. The molecular weight excluding hydrogens is 350 g/mol. The molecule has 0 saturated carbocycles. The summed E-state index contributed by atoms with van der Waals surface area (Å²) in [5.74, 6) is -2.88. The van der Waals surface area contributed by atoms with Crippen molar-refractivity contribution in [2.75, 3.05) is 5.32 Å². The highest BCUT2D eigenvalue weighted by atomic mass is 79.9. The Hall–Kier alpha value is -1.70. The van der Waals surface area contributed by atoms with Gasteiger partial charge in [0, 0.05) is 6.07 Å². The number of carbonyl (C=O) groups is 2. The van der Waals surface area contributed by atoms with E-state index < -0.39 is 29.7 Å². The summed E-state index contributed by atoms with van der Waals surface area (Å²) in [6.45, 7) is 3.62. The van der Waals surface area contributed by atoms with Crippen LogP contribution in [0, 0.1) is 17.6 Å². The molecule has 1 aromatic rings. The first kappa shape index (κ1) is 17.4. The second kappa shape index (κ2) is 7.35. The average Bonchev–Trinajstić information content (AvgIpc) is 2.34. The normalized spacial score (nSPS) is 12.1. The highest BCUT2D eigenvalue weighted by molar-refractivity contribution is 9.10. The van der Waals surface area contributed by atoms with Crippen molar-refractivity contribution in [2.24, 2.45) is 5.92 Å². The lowest BCUT2D eigenvalue weighted by atomic mass is 10.0. The fraction of sp³-hybridized carbons (Fsp3) is 0.385. The predicted octanol–water partition coefficient (Wildman–Crippen LogP) is 3.35. The van der Waals surface area contributed by atoms with E-state index in [-0.39, 0.29) is 22.5 Å². The van der Waals surface area contributed by atoms with Crippen molar-refractivity contribution in [1.82, 2.24) is 5.32 Å². The minimum atomic E-state index is -1.18. The lowest BCUT2D eigenvalue weighted by molar-refractivity contribution is -0.139. The smallest absolute Gasteiger partial charge is 0.326 e. The number of rotatable bonds is 5. The molecule has 0 fully saturated rings. The fourth-order valence-electron chi connectivity index (χ4n) is 1.63. The number of carboxylic acid groups (broad SMARTS) is 1. The molecule has 8 heteroatoms. The van der Waals surface area contributed by atoms with Crippen LogP contribution in [0.15, 0.2) is 16.6 Å². The number of halogens is 3. The van der Waals surface area contributed by atoms with E-state index in [4.69, 9.17) is 5.11 Å². The molecule has 5 nitrogen and oxygen atoms in total. The number of carbonyl (C=O) groups excluding carboxylic acids is 1. The molecule has 0 spiro atoms. The van der Waals surface area contributed by atoms with Crippen molar-refractivity contribution in [3.05, 3.63) is 28.2 Å². The summed E-state index contributed by atoms with van der Waals surface area (Å²) in [5, 5.41) is 13.4. The van der Waals surface area contributed by atoms with Gasteiger partial charge in [-0.3, -0.25) is 0 Å². The zero-order valence-corrected chi connectivity index (χ0v) is 13.0. The topological polar surface area (TPSA) is 78.4 Å². The van der Waals surface area contributed by atoms with E-state index in [9.17, 15) is 18.4 Å². The Balaban J connectivity index is 2.77. The number of carboxylic acids is 1. The third-order valence-corrected chi connectivity index (χ3v) is 3.18. The van der Waals surface area contributed by atoms with Gasteiger partial charge in [-0.1, -0.05) is 13.8 Å². The first-order chi connectivity index (χ1) is 9.70. The van der Waals surface area contributed by atoms with E-state index in [1.165, 1.54) is 0 Å². The predicted molar refractivity (Wildman–Crippen MR) is 77.1 cm³/mol. The SMILES string of the molecule is CC(C)C[C@H](NC(=O)Nc1cc(Br)c(F)cc1F)C(=O)O. The molecule has 0 aliphatic heterocycles. The van der Waals surface area contributed by atoms with E-state index in [0.29, 0.717) is 6.07 Å². The molecule has 0 saturated heterocycles. The summed E-state index contributed by atoms with van der Waals surface area (Å²) < 4.78 is 26.5. The minimum Gasteiger partial charge on any atom is -0.480 e. The molecule has 116 valence electrons. The maximum absolute atomic E-state index is 13.5. The van der Waals surface area contributed by atoms with E-state index >= 15 is 0 Å². The number of nitrogens with one attached hydrogen (secondary N) is 2. The van der Waals surface area contributed by atoms with E-state index in [2.05, 4.69) is 26.6 Å². The van der Waals surface area contributed by atoms with E-state index in [1.54, 1.807) is 0 Å². The first-order valence-electron chi connectivity index (χ1n) is 6.15. The minimum absolute atomic E-state index is 0.0174. The Kier molecular flexibility index (Phi) is 6.07. The zero-order chi connectivity index (χ0) is 16.2. The maximum atomic E-state index is 13.5. The molecule has 0 heterocycles. The van der Waals surface area contributed by atoms with Gasteiger partial charge < -0.3 is 15.7 Å². The Morgan fingerprint density at radius 2 is 1.90 bits per heavy atom. The quantitative estimate of drug-likeness (QED) is 0.701. The van der Waals surface area contributed by atoms with Crippen LogP contribution in [0.3, 0.4) is 0 Å². The second-order valence-corrected chi connectivity index (χ2v) is 5.72. The van der Waals surface area contributed by atoms with Gasteiger partial charge in [0.1, 0.15) is 17.7 Å². The highest BCUT2D eigenvalue weighted by Gasteiger charge is 2.21. The van der Waals surface area contributed by atoms with Crippen LogP contribution in [0.2, 0.25) is 0 Å². The number of anilines is 1. The summed E-state index contributed by atoms with van der Waals surface area (Å²) >= 11 is 2.87. The van der Waals surface area contributed by atoms with Crippen molar-refractivity contribution >= 4 is 33.6 Å². The number of urea groups is 1. The number of amides is 2. The van der Waals surface area contributed by atoms with Gasteiger partial charge in [-0.05, 0) is 34.3 Å². The van der Waals surface area contributed by atoms with Gasteiger partial charge in [0.05, 0.1) is 10.2 Å². The van der Waals surface area contributed by atoms with Gasteiger partial charge in [0.25, 0.3) is 0 Å². The average molecular weight is 365 g/mol. The van der Waals surface area contributed by atoms with Crippen molar-refractivity contribution in [2.45, 2.75) is 26.3 Å². The Bertz CT molecular complexity index is 552. The van der Waals surface area contributed by atoms with Crippen LogP contribution in [0.4, 0.5) is 19.3 Å². The van der Waals surface area contributed by atoms with Crippen molar-refractivity contribution in [3.8, 4) is 0 Å². The molecule has 1 atom stereocenters. The van der Waals surface area contributed by atoms with Crippen LogP contribution in [0.25, 0.3) is 0 Å². The Morgan fingerprint density at radius 3 is 2.43 bits per heavy atom. The summed E-state index contributed by atoms with van der Waals surface area (Å²) in [7, 11) is 0. The van der Waals surface area contributed by atoms with Gasteiger partial charge in [0.2, 0.25) is 0 Å². The first-order valence-corrected chi connectivity index (χ1v) is 6.95.